The van der Waals surface area contributed by atoms with Crippen LogP contribution in [0.25, 0.3) is 0 Å². The van der Waals surface area contributed by atoms with Gasteiger partial charge in [0.25, 0.3) is 0 Å². The number of rotatable bonds is 5. The minimum atomic E-state index is -0.289. The van der Waals surface area contributed by atoms with E-state index in [1.807, 2.05) is 19.1 Å². The van der Waals surface area contributed by atoms with Gasteiger partial charge in [0.15, 0.2) is 0 Å². The monoisotopic (exact) mass is 293 g/mol. The van der Waals surface area contributed by atoms with Gasteiger partial charge in [-0.1, -0.05) is 36.7 Å². The smallest absolute Gasteiger partial charge is 0.150 e. The summed E-state index contributed by atoms with van der Waals surface area (Å²) in [6.07, 6.45) is 0. The molecule has 2 aromatic carbocycles. The van der Waals surface area contributed by atoms with E-state index in [4.69, 9.17) is 16.3 Å². The Morgan fingerprint density at radius 1 is 1.25 bits per heavy atom. The third-order valence-corrected chi connectivity index (χ3v) is 3.27. The fourth-order valence-corrected chi connectivity index (χ4v) is 2.05. The van der Waals surface area contributed by atoms with E-state index in [-0.39, 0.29) is 5.82 Å². The number of ether oxygens (including phenoxy) is 1. The van der Waals surface area contributed by atoms with Gasteiger partial charge in [0.1, 0.15) is 17.3 Å². The summed E-state index contributed by atoms with van der Waals surface area (Å²) in [7, 11) is 0. The van der Waals surface area contributed by atoms with Gasteiger partial charge in [0.2, 0.25) is 0 Å². The van der Waals surface area contributed by atoms with Gasteiger partial charge < -0.3 is 10.1 Å². The first-order valence-corrected chi connectivity index (χ1v) is 6.91. The van der Waals surface area contributed by atoms with Crippen LogP contribution in [-0.2, 0) is 6.54 Å². The molecule has 0 amide bonds. The number of para-hydroxylation sites is 1. The van der Waals surface area contributed by atoms with Gasteiger partial charge in [-0.3, -0.25) is 0 Å². The first-order chi connectivity index (χ1) is 9.61. The first-order valence-electron chi connectivity index (χ1n) is 6.54. The maximum Gasteiger partial charge on any atom is 0.150 e. The number of benzene rings is 2. The molecule has 0 atom stereocenters. The summed E-state index contributed by atoms with van der Waals surface area (Å²) < 4.78 is 19.3. The Morgan fingerprint density at radius 2 is 2.05 bits per heavy atom. The highest BCUT2D eigenvalue weighted by molar-refractivity contribution is 6.32. The fraction of sp³-hybridized carbons (Fsp3) is 0.250. The molecule has 0 radical (unpaired) electrons. The summed E-state index contributed by atoms with van der Waals surface area (Å²) in [4.78, 5) is 0. The van der Waals surface area contributed by atoms with Crippen molar-refractivity contribution in [3.63, 3.8) is 0 Å². The predicted molar refractivity (Wildman–Crippen MR) is 80.0 cm³/mol. The molecule has 0 saturated heterocycles. The van der Waals surface area contributed by atoms with E-state index < -0.39 is 0 Å². The summed E-state index contributed by atoms with van der Waals surface area (Å²) in [6.45, 7) is 5.25. The van der Waals surface area contributed by atoms with Gasteiger partial charge in [-0.25, -0.2) is 4.39 Å². The molecule has 106 valence electrons. The topological polar surface area (TPSA) is 21.3 Å². The van der Waals surface area contributed by atoms with Crippen LogP contribution in [0, 0.1) is 12.7 Å². The van der Waals surface area contributed by atoms with Gasteiger partial charge in [-0.05, 0) is 31.2 Å². The normalized spacial score (nSPS) is 10.6. The van der Waals surface area contributed by atoms with Gasteiger partial charge in [0, 0.05) is 18.2 Å². The predicted octanol–water partition coefficient (Wildman–Crippen LogP) is 4.69. The molecule has 0 aliphatic rings. The van der Waals surface area contributed by atoms with Crippen LogP contribution in [0.5, 0.6) is 11.5 Å². The van der Waals surface area contributed by atoms with Crippen molar-refractivity contribution < 1.29 is 9.13 Å². The zero-order chi connectivity index (χ0) is 14.5. The molecule has 2 rings (SSSR count). The van der Waals surface area contributed by atoms with E-state index in [9.17, 15) is 4.39 Å². The highest BCUT2D eigenvalue weighted by Crippen LogP contribution is 2.33. The largest absolute Gasteiger partial charge is 0.455 e. The summed E-state index contributed by atoms with van der Waals surface area (Å²) >= 11 is 6.18. The van der Waals surface area contributed by atoms with Gasteiger partial charge >= 0.3 is 0 Å². The first kappa shape index (κ1) is 14.8. The highest BCUT2D eigenvalue weighted by Gasteiger charge is 2.10. The van der Waals surface area contributed by atoms with E-state index in [2.05, 4.69) is 5.32 Å². The molecule has 0 aromatic heterocycles. The molecular weight excluding hydrogens is 277 g/mol. The van der Waals surface area contributed by atoms with E-state index in [1.54, 1.807) is 25.1 Å². The number of hydrogen-bond donors (Lipinski definition) is 1. The molecule has 0 fully saturated rings. The van der Waals surface area contributed by atoms with E-state index >= 15 is 0 Å². The molecule has 0 saturated carbocycles. The molecule has 1 N–H and O–H groups in total. The van der Waals surface area contributed by atoms with Crippen LogP contribution in [0.4, 0.5) is 4.39 Å². The lowest BCUT2D eigenvalue weighted by molar-refractivity contribution is 0.467. The molecule has 0 aliphatic heterocycles. The van der Waals surface area contributed by atoms with Gasteiger partial charge in [0.05, 0.1) is 5.02 Å². The third-order valence-electron chi connectivity index (χ3n) is 2.98. The van der Waals surface area contributed by atoms with Crippen LogP contribution < -0.4 is 10.1 Å². The molecule has 0 heterocycles. The number of nitrogens with one attached hydrogen (secondary N) is 1. The van der Waals surface area contributed by atoms with Gasteiger partial charge in [-0.2, -0.15) is 0 Å². The number of aryl methyl sites for hydroxylation is 1. The maximum absolute atomic E-state index is 13.6. The van der Waals surface area contributed by atoms with Crippen LogP contribution in [0.15, 0.2) is 36.4 Å². The van der Waals surface area contributed by atoms with Crippen molar-refractivity contribution in [3.05, 3.63) is 58.4 Å². The minimum Gasteiger partial charge on any atom is -0.455 e. The minimum absolute atomic E-state index is 0.289. The molecule has 0 spiro atoms. The van der Waals surface area contributed by atoms with Crippen molar-refractivity contribution in [1.82, 2.24) is 5.32 Å². The molecular formula is C16H17ClFNO. The van der Waals surface area contributed by atoms with Crippen molar-refractivity contribution in [1.29, 1.82) is 0 Å². The van der Waals surface area contributed by atoms with Crippen molar-refractivity contribution in [2.24, 2.45) is 0 Å². The van der Waals surface area contributed by atoms with Crippen LogP contribution in [0.2, 0.25) is 5.02 Å². The Labute approximate surface area is 123 Å². The second kappa shape index (κ2) is 6.73. The highest BCUT2D eigenvalue weighted by atomic mass is 35.5. The van der Waals surface area contributed by atoms with Crippen molar-refractivity contribution in [3.8, 4) is 11.5 Å². The zero-order valence-electron chi connectivity index (χ0n) is 11.5. The van der Waals surface area contributed by atoms with Gasteiger partial charge in [-0.15, -0.1) is 0 Å². The Balaban J connectivity index is 2.29. The quantitative estimate of drug-likeness (QED) is 0.863. The van der Waals surface area contributed by atoms with Crippen molar-refractivity contribution >= 4 is 11.6 Å². The third kappa shape index (κ3) is 3.50. The second-order valence-corrected chi connectivity index (χ2v) is 4.93. The summed E-state index contributed by atoms with van der Waals surface area (Å²) in [5, 5.41) is 3.74. The maximum atomic E-state index is 13.6. The molecule has 2 nitrogen and oxygen atoms in total. The SMILES string of the molecule is CCNCc1cccc(Cl)c1Oc1ccc(C)c(F)c1. The summed E-state index contributed by atoms with van der Waals surface area (Å²) in [6, 6.07) is 10.4. The molecule has 20 heavy (non-hydrogen) atoms. The van der Waals surface area contributed by atoms with E-state index in [1.165, 1.54) is 6.07 Å². The average Bonchev–Trinajstić information content (AvgIpc) is 2.43. The fourth-order valence-electron chi connectivity index (χ4n) is 1.82. The molecule has 4 heteroatoms. The van der Waals surface area contributed by atoms with Crippen LogP contribution in [-0.4, -0.2) is 6.54 Å². The Kier molecular flexibility index (Phi) is 4.99. The summed E-state index contributed by atoms with van der Waals surface area (Å²) in [5.74, 6) is 0.722. The Bertz CT molecular complexity index is 601. The standard InChI is InChI=1S/C16H17ClFNO/c1-3-19-10-12-5-4-6-14(17)16(12)20-13-8-7-11(2)15(18)9-13/h4-9,19H,3,10H2,1-2H3. The van der Waals surface area contributed by atoms with E-state index in [0.717, 1.165) is 12.1 Å². The van der Waals surface area contributed by atoms with Crippen molar-refractivity contribution in [2.75, 3.05) is 6.54 Å². The molecule has 0 bridgehead atoms. The van der Waals surface area contributed by atoms with Crippen LogP contribution in [0.3, 0.4) is 0 Å². The molecule has 0 aliphatic carbocycles. The summed E-state index contributed by atoms with van der Waals surface area (Å²) in [5.41, 5.74) is 1.53. The van der Waals surface area contributed by atoms with Crippen molar-refractivity contribution in [2.45, 2.75) is 20.4 Å². The Morgan fingerprint density at radius 3 is 2.75 bits per heavy atom. The number of halogens is 2. The molecule has 2 aromatic rings. The van der Waals surface area contributed by atoms with E-state index in [0.29, 0.717) is 28.6 Å². The lowest BCUT2D eigenvalue weighted by atomic mass is 10.2. The second-order valence-electron chi connectivity index (χ2n) is 4.52. The van der Waals surface area contributed by atoms with Crippen LogP contribution in [0.1, 0.15) is 18.1 Å². The zero-order valence-corrected chi connectivity index (χ0v) is 12.3. The lowest BCUT2D eigenvalue weighted by Gasteiger charge is -2.13. The Hall–Kier alpha value is -1.58. The average molecular weight is 294 g/mol. The van der Waals surface area contributed by atoms with Crippen LogP contribution >= 0.6 is 11.6 Å². The lowest BCUT2D eigenvalue weighted by Crippen LogP contribution is -2.12. The molecule has 0 unspecified atom stereocenters. The number of hydrogen-bond acceptors (Lipinski definition) is 2.